The lowest BCUT2D eigenvalue weighted by molar-refractivity contribution is -0.132. The number of benzene rings is 1. The number of nitrogens with one attached hydrogen (secondary N) is 2. The van der Waals surface area contributed by atoms with Crippen molar-refractivity contribution in [3.63, 3.8) is 0 Å². The molecule has 1 aromatic carbocycles. The molecule has 2 amide bonds. The molecule has 0 heterocycles. The monoisotopic (exact) mass is 286 g/mol. The van der Waals surface area contributed by atoms with Gasteiger partial charge in [0.1, 0.15) is 0 Å². The second kappa shape index (κ2) is 6.60. The van der Waals surface area contributed by atoms with Crippen molar-refractivity contribution in [3.8, 4) is 0 Å². The van der Waals surface area contributed by atoms with Gasteiger partial charge in [-0.25, -0.2) is 4.79 Å². The number of aryl methyl sites for hydroxylation is 1. The van der Waals surface area contributed by atoms with E-state index in [1.54, 1.807) is 12.3 Å². The summed E-state index contributed by atoms with van der Waals surface area (Å²) in [5.41, 5.74) is 4.14. The summed E-state index contributed by atoms with van der Waals surface area (Å²) in [6, 6.07) is 4.12. The van der Waals surface area contributed by atoms with Crippen LogP contribution in [0.3, 0.4) is 0 Å². The van der Waals surface area contributed by atoms with E-state index < -0.39 is 24.2 Å². The summed E-state index contributed by atoms with van der Waals surface area (Å²) >= 11 is 0. The van der Waals surface area contributed by atoms with Gasteiger partial charge >= 0.3 is 18.3 Å². The van der Waals surface area contributed by atoms with E-state index in [1.165, 1.54) is 25.3 Å². The second-order valence-corrected chi connectivity index (χ2v) is 3.77. The molecule has 0 aliphatic heterocycles. The lowest BCUT2D eigenvalue weighted by Crippen LogP contribution is -2.44. The fraction of sp³-hybridized carbons (Fsp3) is 0.250. The zero-order valence-electron chi connectivity index (χ0n) is 10.7. The van der Waals surface area contributed by atoms with Crippen molar-refractivity contribution < 1.29 is 27.9 Å². The van der Waals surface area contributed by atoms with Crippen LogP contribution in [0.4, 0.5) is 8.78 Å². The Morgan fingerprint density at radius 3 is 2.40 bits per heavy atom. The zero-order chi connectivity index (χ0) is 15.3. The van der Waals surface area contributed by atoms with Crippen LogP contribution in [0.15, 0.2) is 18.2 Å². The van der Waals surface area contributed by atoms with Crippen molar-refractivity contribution in [1.82, 2.24) is 10.9 Å². The summed E-state index contributed by atoms with van der Waals surface area (Å²) in [6.45, 7) is 1.65. The average molecular weight is 286 g/mol. The van der Waals surface area contributed by atoms with E-state index >= 15 is 0 Å². The molecule has 108 valence electrons. The summed E-state index contributed by atoms with van der Waals surface area (Å²) in [6.07, 6.45) is -3.24. The van der Waals surface area contributed by atoms with Crippen LogP contribution in [0.2, 0.25) is 0 Å². The molecule has 0 bridgehead atoms. The lowest BCUT2D eigenvalue weighted by atomic mass is 10.0. The molecule has 0 saturated heterocycles. The quantitative estimate of drug-likeness (QED) is 0.636. The van der Waals surface area contributed by atoms with Gasteiger partial charge in [-0.1, -0.05) is 6.07 Å². The van der Waals surface area contributed by atoms with Gasteiger partial charge in [0.15, 0.2) is 0 Å². The molecule has 20 heavy (non-hydrogen) atoms. The number of ether oxygens (including phenoxy) is 1. The highest BCUT2D eigenvalue weighted by Gasteiger charge is 2.17. The van der Waals surface area contributed by atoms with Crippen LogP contribution in [0, 0.1) is 6.92 Å². The highest BCUT2D eigenvalue weighted by molar-refractivity contribution is 5.99. The van der Waals surface area contributed by atoms with Gasteiger partial charge in [-0.05, 0) is 24.6 Å². The molecule has 0 unspecified atom stereocenters. The minimum Gasteiger partial charge on any atom is -0.465 e. The molecule has 1 aromatic rings. The van der Waals surface area contributed by atoms with Gasteiger partial charge < -0.3 is 4.74 Å². The number of alkyl halides is 2. The third kappa shape index (κ3) is 3.74. The molecule has 0 radical (unpaired) electrons. The molecule has 0 aliphatic rings. The van der Waals surface area contributed by atoms with Gasteiger partial charge in [0.2, 0.25) is 0 Å². The van der Waals surface area contributed by atoms with Crippen LogP contribution in [-0.2, 0) is 9.53 Å². The molecule has 0 saturated carbocycles. The van der Waals surface area contributed by atoms with Crippen molar-refractivity contribution in [2.75, 3.05) is 7.11 Å². The second-order valence-electron chi connectivity index (χ2n) is 3.77. The molecule has 0 fully saturated rings. The predicted octanol–water partition coefficient (Wildman–Crippen LogP) is 0.808. The van der Waals surface area contributed by atoms with Crippen molar-refractivity contribution >= 4 is 17.8 Å². The first-order valence-electron chi connectivity index (χ1n) is 5.44. The van der Waals surface area contributed by atoms with E-state index in [0.29, 0.717) is 5.56 Å². The number of methoxy groups -OCH3 is 1. The number of rotatable bonds is 3. The molecular formula is C12H12F2N2O4. The summed E-state index contributed by atoms with van der Waals surface area (Å²) < 4.78 is 28.4. The summed E-state index contributed by atoms with van der Waals surface area (Å²) in [7, 11) is 1.19. The summed E-state index contributed by atoms with van der Waals surface area (Å²) in [4.78, 5) is 33.7. The van der Waals surface area contributed by atoms with Crippen LogP contribution >= 0.6 is 0 Å². The Bertz CT molecular complexity index is 546. The van der Waals surface area contributed by atoms with Crippen molar-refractivity contribution in [1.29, 1.82) is 0 Å². The van der Waals surface area contributed by atoms with E-state index in [4.69, 9.17) is 0 Å². The fourth-order valence-corrected chi connectivity index (χ4v) is 1.34. The number of hydrazine groups is 1. The zero-order valence-corrected chi connectivity index (χ0v) is 10.7. The van der Waals surface area contributed by atoms with Gasteiger partial charge in [0.05, 0.1) is 12.7 Å². The minimum atomic E-state index is -3.24. The molecule has 0 aromatic heterocycles. The first-order chi connectivity index (χ1) is 9.36. The Kier molecular flexibility index (Phi) is 5.13. The van der Waals surface area contributed by atoms with Gasteiger partial charge in [-0.15, -0.1) is 0 Å². The number of hydrogen-bond acceptors (Lipinski definition) is 4. The first-order valence-corrected chi connectivity index (χ1v) is 5.44. The number of hydrogen-bond donors (Lipinski definition) is 2. The summed E-state index contributed by atoms with van der Waals surface area (Å²) in [5.74, 6) is -3.09. The number of amides is 2. The molecule has 1 rings (SSSR count). The van der Waals surface area contributed by atoms with Crippen molar-refractivity contribution in [3.05, 3.63) is 34.9 Å². The van der Waals surface area contributed by atoms with E-state index in [9.17, 15) is 23.2 Å². The molecule has 0 spiro atoms. The van der Waals surface area contributed by atoms with Gasteiger partial charge in [0, 0.05) is 5.56 Å². The van der Waals surface area contributed by atoms with Crippen molar-refractivity contribution in [2.45, 2.75) is 13.3 Å². The molecule has 8 heteroatoms. The summed E-state index contributed by atoms with van der Waals surface area (Å²) in [5, 5.41) is 0. The highest BCUT2D eigenvalue weighted by atomic mass is 19.3. The molecule has 6 nitrogen and oxygen atoms in total. The SMILES string of the molecule is COC(=O)c1cc(C(=O)NNC(=O)C(F)F)ccc1C. The normalized spacial score (nSPS) is 10.1. The van der Waals surface area contributed by atoms with E-state index in [0.717, 1.165) is 0 Å². The van der Waals surface area contributed by atoms with Gasteiger partial charge in [0.25, 0.3) is 5.91 Å². The van der Waals surface area contributed by atoms with Gasteiger partial charge in [-0.2, -0.15) is 8.78 Å². The standard InChI is InChI=1S/C12H12F2N2O4/c1-6-3-4-7(5-8(6)12(19)20-2)10(17)15-16-11(18)9(13)14/h3-5,9H,1-2H3,(H,15,17)(H,16,18). The Hall–Kier alpha value is -2.51. The Labute approximate surface area is 113 Å². The predicted molar refractivity (Wildman–Crippen MR) is 64.1 cm³/mol. The Morgan fingerprint density at radius 1 is 1.20 bits per heavy atom. The third-order valence-electron chi connectivity index (χ3n) is 2.40. The minimum absolute atomic E-state index is 0.0190. The van der Waals surface area contributed by atoms with Crippen LogP contribution in [0.1, 0.15) is 26.3 Å². The Morgan fingerprint density at radius 2 is 1.85 bits per heavy atom. The van der Waals surface area contributed by atoms with Crippen LogP contribution in [0.25, 0.3) is 0 Å². The maximum absolute atomic E-state index is 11.9. The van der Waals surface area contributed by atoms with Crippen LogP contribution in [-0.4, -0.2) is 31.3 Å². The molecular weight excluding hydrogens is 274 g/mol. The topological polar surface area (TPSA) is 84.5 Å². The number of carbonyl (C=O) groups is 3. The fourth-order valence-electron chi connectivity index (χ4n) is 1.34. The smallest absolute Gasteiger partial charge is 0.338 e. The van der Waals surface area contributed by atoms with Crippen LogP contribution in [0.5, 0.6) is 0 Å². The molecule has 0 aliphatic carbocycles. The van der Waals surface area contributed by atoms with Crippen LogP contribution < -0.4 is 10.9 Å². The number of halogens is 2. The lowest BCUT2D eigenvalue weighted by Gasteiger charge is -2.09. The van der Waals surface area contributed by atoms with E-state index in [1.807, 2.05) is 5.43 Å². The Balaban J connectivity index is 2.84. The van der Waals surface area contributed by atoms with Crippen molar-refractivity contribution in [2.24, 2.45) is 0 Å². The molecule has 2 N–H and O–H groups in total. The number of carbonyl (C=O) groups excluding carboxylic acids is 3. The molecule has 0 atom stereocenters. The maximum atomic E-state index is 11.9. The van der Waals surface area contributed by atoms with Gasteiger partial charge in [-0.3, -0.25) is 20.4 Å². The van der Waals surface area contributed by atoms with E-state index in [2.05, 4.69) is 4.74 Å². The average Bonchev–Trinajstić information content (AvgIpc) is 2.43. The largest absolute Gasteiger partial charge is 0.465 e. The first kappa shape index (κ1) is 15.5. The third-order valence-corrected chi connectivity index (χ3v) is 2.40. The van der Waals surface area contributed by atoms with E-state index in [-0.39, 0.29) is 11.1 Å². The highest BCUT2D eigenvalue weighted by Crippen LogP contribution is 2.12. The number of esters is 1. The maximum Gasteiger partial charge on any atom is 0.338 e.